The lowest BCUT2D eigenvalue weighted by molar-refractivity contribution is -0.192. The van der Waals surface area contributed by atoms with Gasteiger partial charge in [0.1, 0.15) is 30.2 Å². The maximum Gasteiger partial charge on any atom is 0.340 e. The number of para-hydroxylation sites is 3. The standard InChI is InChI=1S/C44H49N3O9/c1-23-20-43-24(2)19-29-34(41(29,3)4)42(5,40(43)54)21-25(36(50)44(43,55)35(23)49)22-56-39(53)26-13-8-10-16-30(26)45-38(52)28-15-12-18-32(48)33(28)46-37(51)27-14-9-11-17-31(27)47(6)7/h8-18,20-21,24,29,34-36,48-50,55H,19,22H2,1-7H3,(H,45,52)(H,46,51). The highest BCUT2D eigenvalue weighted by Crippen LogP contribution is 2.75. The Morgan fingerprint density at radius 1 is 0.857 bits per heavy atom. The monoisotopic (exact) mass is 763 g/mol. The van der Waals surface area contributed by atoms with E-state index in [-0.39, 0.29) is 56.9 Å². The molecule has 8 unspecified atom stereocenters. The van der Waals surface area contributed by atoms with Crippen molar-refractivity contribution in [1.29, 1.82) is 0 Å². The largest absolute Gasteiger partial charge is 0.506 e. The highest BCUT2D eigenvalue weighted by atomic mass is 16.5. The first kappa shape index (κ1) is 39.0. The minimum absolute atomic E-state index is 0.0429. The molecular weight excluding hydrogens is 714 g/mol. The van der Waals surface area contributed by atoms with Gasteiger partial charge in [-0.3, -0.25) is 14.4 Å². The first-order chi connectivity index (χ1) is 26.3. The van der Waals surface area contributed by atoms with Crippen molar-refractivity contribution < 1.29 is 44.3 Å². The molecule has 2 bridgehead atoms. The number of esters is 1. The van der Waals surface area contributed by atoms with Crippen LogP contribution in [0.2, 0.25) is 0 Å². The van der Waals surface area contributed by atoms with Gasteiger partial charge in [0.2, 0.25) is 0 Å². The van der Waals surface area contributed by atoms with Gasteiger partial charge in [0.05, 0.1) is 33.5 Å². The molecule has 2 saturated carbocycles. The van der Waals surface area contributed by atoms with E-state index >= 15 is 0 Å². The van der Waals surface area contributed by atoms with E-state index in [9.17, 15) is 39.6 Å². The molecule has 0 aromatic heterocycles. The number of aliphatic hydroxyl groups is 3. The van der Waals surface area contributed by atoms with Gasteiger partial charge in [0.25, 0.3) is 11.8 Å². The number of benzene rings is 3. The number of ketones is 1. The normalized spacial score (nSPS) is 31.0. The van der Waals surface area contributed by atoms with Crippen molar-refractivity contribution in [2.45, 2.75) is 58.8 Å². The Labute approximate surface area is 325 Å². The molecule has 0 heterocycles. The Balaban J connectivity index is 1.16. The third-order valence-corrected chi connectivity index (χ3v) is 13.1. The molecule has 7 rings (SSSR count). The number of hydrogen-bond donors (Lipinski definition) is 6. The Morgan fingerprint density at radius 2 is 1.48 bits per heavy atom. The maximum atomic E-state index is 14.9. The molecule has 56 heavy (non-hydrogen) atoms. The number of hydrogen-bond acceptors (Lipinski definition) is 10. The van der Waals surface area contributed by atoms with Gasteiger partial charge >= 0.3 is 5.97 Å². The Morgan fingerprint density at radius 3 is 2.18 bits per heavy atom. The average Bonchev–Trinajstić information content (AvgIpc) is 3.68. The van der Waals surface area contributed by atoms with Gasteiger partial charge in [-0.05, 0) is 91.0 Å². The van der Waals surface area contributed by atoms with E-state index in [0.717, 1.165) is 0 Å². The maximum absolute atomic E-state index is 14.9. The fourth-order valence-corrected chi connectivity index (χ4v) is 10.3. The quantitative estimate of drug-likeness (QED) is 0.0994. The van der Waals surface area contributed by atoms with E-state index in [4.69, 9.17) is 4.74 Å². The number of rotatable bonds is 8. The molecule has 4 aliphatic carbocycles. The van der Waals surface area contributed by atoms with Gasteiger partial charge in [0, 0.05) is 25.2 Å². The lowest BCUT2D eigenvalue weighted by Gasteiger charge is -2.49. The topological polar surface area (TPSA) is 186 Å². The summed E-state index contributed by atoms with van der Waals surface area (Å²) in [6.07, 6.45) is 0.626. The summed E-state index contributed by atoms with van der Waals surface area (Å²) in [5.41, 5.74) is -4.00. The molecule has 12 nitrogen and oxygen atoms in total. The van der Waals surface area contributed by atoms with Crippen LogP contribution in [0.4, 0.5) is 17.1 Å². The molecule has 3 aromatic carbocycles. The van der Waals surface area contributed by atoms with Crippen LogP contribution in [-0.2, 0) is 9.53 Å². The molecule has 4 aliphatic rings. The minimum atomic E-state index is -2.31. The summed E-state index contributed by atoms with van der Waals surface area (Å²) < 4.78 is 5.80. The minimum Gasteiger partial charge on any atom is -0.506 e. The van der Waals surface area contributed by atoms with Crippen LogP contribution in [0.25, 0.3) is 0 Å². The van der Waals surface area contributed by atoms with Gasteiger partial charge in [-0.2, -0.15) is 0 Å². The van der Waals surface area contributed by atoms with Crippen LogP contribution in [0.1, 0.15) is 72.1 Å². The van der Waals surface area contributed by atoms with Crippen LogP contribution in [0.15, 0.2) is 90.0 Å². The number of anilines is 3. The number of carbonyl (C=O) groups excluding carboxylic acids is 4. The third-order valence-electron chi connectivity index (χ3n) is 13.1. The molecule has 3 aromatic rings. The summed E-state index contributed by atoms with van der Waals surface area (Å²) in [4.78, 5) is 57.7. The number of allylic oxidation sites excluding steroid dienone is 1. The summed E-state index contributed by atoms with van der Waals surface area (Å²) in [5.74, 6) is -3.15. The summed E-state index contributed by atoms with van der Waals surface area (Å²) in [6, 6.07) is 17.2. The smallest absolute Gasteiger partial charge is 0.340 e. The SMILES string of the molecule is CC1=CC23C(=O)C(C)(C=C(COC(=O)c4ccccc4NC(=O)c4cccc(O)c4NC(=O)c4ccccc4N(C)C)C(O)C2(O)C1O)C1C(CC3C)C1(C)C. The number of aromatic hydroxyl groups is 1. The predicted octanol–water partition coefficient (Wildman–Crippen LogP) is 5.35. The Hall–Kier alpha value is -5.30. The van der Waals surface area contributed by atoms with Crippen molar-refractivity contribution in [1.82, 2.24) is 0 Å². The molecule has 0 radical (unpaired) electrons. The van der Waals surface area contributed by atoms with Crippen LogP contribution in [0, 0.1) is 34.0 Å². The van der Waals surface area contributed by atoms with Crippen LogP contribution in [0.3, 0.4) is 0 Å². The second kappa shape index (κ2) is 13.4. The van der Waals surface area contributed by atoms with E-state index in [1.54, 1.807) is 74.5 Å². The summed E-state index contributed by atoms with van der Waals surface area (Å²) in [7, 11) is 3.58. The number of phenols is 1. The van der Waals surface area contributed by atoms with Crippen molar-refractivity contribution in [3.63, 3.8) is 0 Å². The van der Waals surface area contributed by atoms with Gasteiger partial charge in [0.15, 0.2) is 5.78 Å². The zero-order valence-corrected chi connectivity index (χ0v) is 32.6. The third kappa shape index (κ3) is 5.60. The van der Waals surface area contributed by atoms with Gasteiger partial charge in [-0.1, -0.05) is 63.3 Å². The summed E-state index contributed by atoms with van der Waals surface area (Å²) >= 11 is 0. The predicted molar refractivity (Wildman–Crippen MR) is 210 cm³/mol. The zero-order chi connectivity index (χ0) is 40.7. The van der Waals surface area contributed by atoms with Gasteiger partial charge in [-0.15, -0.1) is 0 Å². The second-order valence-electron chi connectivity index (χ2n) is 16.9. The van der Waals surface area contributed by atoms with Crippen LogP contribution in [-0.4, -0.2) is 82.5 Å². The number of aliphatic hydroxyl groups excluding tert-OH is 2. The van der Waals surface area contributed by atoms with Crippen LogP contribution in [0.5, 0.6) is 5.75 Å². The van der Waals surface area contributed by atoms with Crippen molar-refractivity contribution >= 4 is 40.6 Å². The number of ether oxygens (including phenoxy) is 1. The van der Waals surface area contributed by atoms with E-state index in [0.29, 0.717) is 23.2 Å². The van der Waals surface area contributed by atoms with Crippen molar-refractivity contribution in [2.75, 3.05) is 36.2 Å². The zero-order valence-electron chi connectivity index (χ0n) is 32.6. The van der Waals surface area contributed by atoms with Crippen molar-refractivity contribution in [3.8, 4) is 5.75 Å². The Bertz CT molecular complexity index is 2230. The molecule has 0 saturated heterocycles. The highest BCUT2D eigenvalue weighted by Gasteiger charge is 2.78. The van der Waals surface area contributed by atoms with E-state index in [1.807, 2.05) is 13.8 Å². The van der Waals surface area contributed by atoms with Gasteiger partial charge < -0.3 is 40.7 Å². The van der Waals surface area contributed by atoms with Crippen LogP contribution >= 0.6 is 0 Å². The number of nitrogens with one attached hydrogen (secondary N) is 2. The summed E-state index contributed by atoms with van der Waals surface area (Å²) in [5, 5.41) is 52.1. The molecule has 1 spiro atoms. The number of phenolic OH excluding ortho intramolecular Hbond substituents is 1. The molecular formula is C44H49N3O9. The van der Waals surface area contributed by atoms with E-state index in [1.165, 1.54) is 30.3 Å². The molecule has 2 fully saturated rings. The number of carbonyl (C=O) groups is 4. The van der Waals surface area contributed by atoms with Gasteiger partial charge in [-0.25, -0.2) is 4.79 Å². The molecule has 2 amide bonds. The first-order valence-corrected chi connectivity index (χ1v) is 18.8. The molecule has 12 heteroatoms. The van der Waals surface area contributed by atoms with E-state index in [2.05, 4.69) is 24.5 Å². The first-order valence-electron chi connectivity index (χ1n) is 18.8. The lowest BCUT2D eigenvalue weighted by Crippen LogP contribution is -2.65. The van der Waals surface area contributed by atoms with Crippen molar-refractivity contribution in [3.05, 3.63) is 107 Å². The lowest BCUT2D eigenvalue weighted by atomic mass is 9.57. The number of Topliss-reactive ketones (excluding diaryl/α,β-unsaturated/α-hetero) is 1. The van der Waals surface area contributed by atoms with Crippen molar-refractivity contribution in [2.24, 2.45) is 34.0 Å². The molecule has 294 valence electrons. The second-order valence-corrected chi connectivity index (χ2v) is 16.9. The summed E-state index contributed by atoms with van der Waals surface area (Å²) in [6.45, 7) is 9.06. The number of nitrogens with zero attached hydrogens (tertiary/aromatic N) is 1. The molecule has 6 N–H and O–H groups in total. The van der Waals surface area contributed by atoms with Crippen LogP contribution < -0.4 is 15.5 Å². The Kier molecular flexibility index (Phi) is 9.34. The van der Waals surface area contributed by atoms with E-state index < -0.39 is 58.9 Å². The number of fused-ring (bicyclic) bond motifs is 3. The fourth-order valence-electron chi connectivity index (χ4n) is 10.3. The average molecular weight is 764 g/mol. The highest BCUT2D eigenvalue weighted by molar-refractivity contribution is 6.16. The molecule has 0 aliphatic heterocycles. The fraction of sp³-hybridized carbons (Fsp3) is 0.409. The number of amides is 2. The molecule has 8 atom stereocenters.